The van der Waals surface area contributed by atoms with Crippen LogP contribution in [0.3, 0.4) is 0 Å². The summed E-state index contributed by atoms with van der Waals surface area (Å²) < 4.78 is 29.8. The minimum Gasteiger partial charge on any atom is -0.497 e. The third-order valence-electron chi connectivity index (χ3n) is 4.80. The molecule has 1 aliphatic rings. The number of amides is 2. The van der Waals surface area contributed by atoms with Crippen molar-refractivity contribution >= 4 is 32.7 Å². The Hall–Kier alpha value is -2.76. The molecule has 156 valence electrons. The van der Waals surface area contributed by atoms with Crippen molar-refractivity contribution in [3.8, 4) is 17.6 Å². The molecule has 0 radical (unpaired) electrons. The van der Waals surface area contributed by atoms with E-state index in [-0.39, 0.29) is 11.3 Å². The Balaban J connectivity index is 1.82. The Morgan fingerprint density at radius 3 is 2.40 bits per heavy atom. The van der Waals surface area contributed by atoms with Crippen LogP contribution in [0.15, 0.2) is 53.4 Å². The molecule has 1 heterocycles. The number of carbonyl (C=O) groups is 2. The van der Waals surface area contributed by atoms with Gasteiger partial charge in [0.25, 0.3) is 11.1 Å². The minimum atomic E-state index is -4.13. The number of sulfone groups is 1. The van der Waals surface area contributed by atoms with Gasteiger partial charge in [0.05, 0.1) is 12.0 Å². The van der Waals surface area contributed by atoms with Gasteiger partial charge in [-0.3, -0.25) is 14.9 Å². The van der Waals surface area contributed by atoms with Crippen LogP contribution in [-0.2, 0) is 14.6 Å². The number of hydrogen-bond acceptors (Lipinski definition) is 6. The number of rotatable bonds is 6. The summed E-state index contributed by atoms with van der Waals surface area (Å²) in [7, 11) is -2.65. The number of ether oxygens (including phenoxy) is 1. The van der Waals surface area contributed by atoms with Gasteiger partial charge in [-0.15, -0.1) is 0 Å². The van der Waals surface area contributed by atoms with E-state index in [1.54, 1.807) is 0 Å². The number of nitrogens with one attached hydrogen (secondary N) is 1. The minimum absolute atomic E-state index is 0.0218. The lowest BCUT2D eigenvalue weighted by atomic mass is 10.1. The Labute approximate surface area is 180 Å². The first-order valence-electron chi connectivity index (χ1n) is 9.28. The van der Waals surface area contributed by atoms with Crippen LogP contribution >= 0.6 is 11.8 Å². The van der Waals surface area contributed by atoms with Gasteiger partial charge in [-0.05, 0) is 67.4 Å². The van der Waals surface area contributed by atoms with Gasteiger partial charge in [0.2, 0.25) is 13.9 Å². The summed E-state index contributed by atoms with van der Waals surface area (Å²) in [5.74, 6) is 5.78. The van der Waals surface area contributed by atoms with Gasteiger partial charge in [-0.1, -0.05) is 30.0 Å². The van der Waals surface area contributed by atoms with Crippen molar-refractivity contribution in [2.45, 2.75) is 35.2 Å². The summed E-state index contributed by atoms with van der Waals surface area (Å²) in [6.07, 6.45) is 0.726. The molecular formula is C22H21NO5S2. The molecular weight excluding hydrogens is 422 g/mol. The van der Waals surface area contributed by atoms with E-state index in [2.05, 4.69) is 17.2 Å². The lowest BCUT2D eigenvalue weighted by Crippen LogP contribution is -2.43. The number of unbranched alkanes of at least 4 members (excludes halogenated alkanes) is 1. The molecule has 1 saturated heterocycles. The fourth-order valence-corrected chi connectivity index (χ4v) is 6.48. The number of benzene rings is 2. The third kappa shape index (κ3) is 4.23. The zero-order valence-corrected chi connectivity index (χ0v) is 18.2. The Kier molecular flexibility index (Phi) is 6.54. The fraction of sp³-hybridized carbons (Fsp3) is 0.273. The molecule has 0 spiro atoms. The predicted octanol–water partition coefficient (Wildman–Crippen LogP) is 3.68. The average molecular weight is 444 g/mol. The zero-order chi connectivity index (χ0) is 21.8. The highest BCUT2D eigenvalue weighted by atomic mass is 32.3. The summed E-state index contributed by atoms with van der Waals surface area (Å²) in [4.78, 5) is 24.4. The van der Waals surface area contributed by atoms with Crippen LogP contribution in [0.25, 0.3) is 0 Å². The first kappa shape index (κ1) is 21.9. The predicted molar refractivity (Wildman–Crippen MR) is 116 cm³/mol. The van der Waals surface area contributed by atoms with Crippen LogP contribution in [0.4, 0.5) is 4.79 Å². The summed E-state index contributed by atoms with van der Waals surface area (Å²) in [6.45, 7) is 1.96. The highest BCUT2D eigenvalue weighted by molar-refractivity contribution is 8.25. The monoisotopic (exact) mass is 443 g/mol. The number of aryl methyl sites for hydroxylation is 1. The number of thioether (sulfide) groups is 1. The van der Waals surface area contributed by atoms with Gasteiger partial charge in [0.15, 0.2) is 0 Å². The largest absolute Gasteiger partial charge is 0.497 e. The highest BCUT2D eigenvalue weighted by Gasteiger charge is 2.57. The molecule has 3 rings (SSSR count). The molecule has 0 saturated carbocycles. The van der Waals surface area contributed by atoms with Crippen molar-refractivity contribution in [1.82, 2.24) is 5.32 Å². The lowest BCUT2D eigenvalue weighted by molar-refractivity contribution is -0.120. The molecule has 1 N–H and O–H groups in total. The van der Waals surface area contributed by atoms with E-state index < -0.39 is 25.1 Å². The fourth-order valence-electron chi connectivity index (χ4n) is 3.11. The lowest BCUT2D eigenvalue weighted by Gasteiger charge is -2.24. The Bertz CT molecular complexity index is 1130. The summed E-state index contributed by atoms with van der Waals surface area (Å²) in [6, 6.07) is 13.5. The van der Waals surface area contributed by atoms with Crippen LogP contribution < -0.4 is 10.1 Å². The first-order chi connectivity index (χ1) is 14.3. The van der Waals surface area contributed by atoms with Crippen LogP contribution in [0.1, 0.15) is 30.4 Å². The van der Waals surface area contributed by atoms with Crippen molar-refractivity contribution in [3.63, 3.8) is 0 Å². The van der Waals surface area contributed by atoms with Crippen LogP contribution in [-0.4, -0.2) is 30.8 Å². The molecule has 1 aliphatic heterocycles. The zero-order valence-electron chi connectivity index (χ0n) is 16.6. The van der Waals surface area contributed by atoms with Gasteiger partial charge in [0, 0.05) is 12.0 Å². The highest BCUT2D eigenvalue weighted by Crippen LogP contribution is 2.44. The first-order valence-corrected chi connectivity index (χ1v) is 11.6. The Morgan fingerprint density at radius 1 is 1.10 bits per heavy atom. The molecule has 0 aromatic heterocycles. The molecule has 2 aromatic rings. The maximum atomic E-state index is 13.3. The molecule has 0 bridgehead atoms. The molecule has 1 fully saturated rings. The van der Waals surface area contributed by atoms with Crippen LogP contribution in [0.2, 0.25) is 0 Å². The van der Waals surface area contributed by atoms with Crippen molar-refractivity contribution in [3.05, 3.63) is 59.7 Å². The van der Waals surface area contributed by atoms with E-state index in [1.165, 1.54) is 31.4 Å². The molecule has 8 heteroatoms. The van der Waals surface area contributed by atoms with Gasteiger partial charge in [-0.2, -0.15) is 0 Å². The quantitative estimate of drug-likeness (QED) is 0.541. The second-order valence-electron chi connectivity index (χ2n) is 6.75. The number of imide groups is 1. The van der Waals surface area contributed by atoms with Gasteiger partial charge in [0.1, 0.15) is 5.75 Å². The van der Waals surface area contributed by atoms with Crippen LogP contribution in [0.5, 0.6) is 5.75 Å². The SMILES string of the molecule is COc1ccc(S(=O)(=O)C2(CCCC#Cc3ccccc3C)SC(=O)NC2=O)cc1. The second kappa shape index (κ2) is 8.94. The third-order valence-corrected chi connectivity index (χ3v) is 8.86. The van der Waals surface area contributed by atoms with Crippen LogP contribution in [0, 0.1) is 18.8 Å². The van der Waals surface area contributed by atoms with Crippen molar-refractivity contribution in [1.29, 1.82) is 0 Å². The smallest absolute Gasteiger partial charge is 0.287 e. The van der Waals surface area contributed by atoms with Gasteiger partial charge >= 0.3 is 0 Å². The normalized spacial score (nSPS) is 18.5. The van der Waals surface area contributed by atoms with E-state index in [9.17, 15) is 18.0 Å². The molecule has 0 aliphatic carbocycles. The molecule has 2 amide bonds. The van der Waals surface area contributed by atoms with Gasteiger partial charge in [-0.25, -0.2) is 8.42 Å². The second-order valence-corrected chi connectivity index (χ2v) is 10.5. The molecule has 2 aromatic carbocycles. The van der Waals surface area contributed by atoms with Gasteiger partial charge < -0.3 is 4.74 Å². The molecule has 6 nitrogen and oxygen atoms in total. The van der Waals surface area contributed by atoms with Crippen molar-refractivity contribution < 1.29 is 22.7 Å². The maximum absolute atomic E-state index is 13.3. The topological polar surface area (TPSA) is 89.5 Å². The standard InChI is InChI=1S/C22H21NO5S2/c1-16-8-5-6-10-17(16)9-4-3-7-15-22(20(24)23-21(25)29-22)30(26,27)19-13-11-18(28-2)12-14-19/h5-6,8,10-14H,3,7,15H2,1-2H3,(H,23,24,25). The van der Waals surface area contributed by atoms with E-state index in [0.29, 0.717) is 30.4 Å². The number of carbonyl (C=O) groups excluding carboxylic acids is 2. The van der Waals surface area contributed by atoms with Crippen molar-refractivity contribution in [2.75, 3.05) is 7.11 Å². The summed E-state index contributed by atoms with van der Waals surface area (Å²) in [5.41, 5.74) is 1.96. The summed E-state index contributed by atoms with van der Waals surface area (Å²) >= 11 is 0.523. The van der Waals surface area contributed by atoms with E-state index in [0.717, 1.165) is 11.1 Å². The number of methoxy groups -OCH3 is 1. The van der Waals surface area contributed by atoms with Crippen molar-refractivity contribution in [2.24, 2.45) is 0 Å². The summed E-state index contributed by atoms with van der Waals surface area (Å²) in [5, 5.41) is 1.46. The van der Waals surface area contributed by atoms with E-state index >= 15 is 0 Å². The average Bonchev–Trinajstić information content (AvgIpc) is 3.03. The molecule has 1 atom stereocenters. The van der Waals surface area contributed by atoms with E-state index in [1.807, 2.05) is 31.2 Å². The number of hydrogen-bond donors (Lipinski definition) is 1. The molecule has 1 unspecified atom stereocenters. The molecule has 30 heavy (non-hydrogen) atoms. The van der Waals surface area contributed by atoms with E-state index in [4.69, 9.17) is 4.74 Å². The maximum Gasteiger partial charge on any atom is 0.287 e. The Morgan fingerprint density at radius 2 is 1.80 bits per heavy atom.